The zero-order chi connectivity index (χ0) is 13.5. The fourth-order valence-corrected chi connectivity index (χ4v) is 1.01. The summed E-state index contributed by atoms with van der Waals surface area (Å²) < 4.78 is 0. The fourth-order valence-electron chi connectivity index (χ4n) is 1.01. The van der Waals surface area contributed by atoms with Crippen LogP contribution in [0.2, 0.25) is 0 Å². The second-order valence-electron chi connectivity index (χ2n) is 3.08. The van der Waals surface area contributed by atoms with Gasteiger partial charge < -0.3 is 22.3 Å². The topological polar surface area (TPSA) is 154 Å². The Balaban J connectivity index is 0.000000180. The zero-order valence-electron chi connectivity index (χ0n) is 9.32. The van der Waals surface area contributed by atoms with Crippen molar-refractivity contribution in [2.75, 3.05) is 17.2 Å². The van der Waals surface area contributed by atoms with E-state index in [0.29, 0.717) is 5.56 Å². The molecule has 0 spiro atoms. The molecular weight excluding hydrogens is 236 g/mol. The number of anilines is 3. The second kappa shape index (κ2) is 5.99. The Kier molecular flexibility index (Phi) is 4.38. The smallest absolute Gasteiger partial charge is 0.335 e. The Morgan fingerprint density at radius 2 is 1.28 bits per heavy atom. The first-order valence-corrected chi connectivity index (χ1v) is 4.80. The van der Waals surface area contributed by atoms with Crippen LogP contribution in [0.25, 0.3) is 0 Å². The number of aromatic nitrogens is 3. The Hall–Kier alpha value is -2.90. The summed E-state index contributed by atoms with van der Waals surface area (Å²) in [6, 6.07) is 8.30. The maximum absolute atomic E-state index is 10.2. The van der Waals surface area contributed by atoms with Crippen molar-refractivity contribution in [3.63, 3.8) is 0 Å². The third-order valence-electron chi connectivity index (χ3n) is 1.71. The minimum absolute atomic E-state index is 0.0417. The van der Waals surface area contributed by atoms with Crippen LogP contribution in [0, 0.1) is 0 Å². The number of hydrogen-bond donors (Lipinski definition) is 4. The van der Waals surface area contributed by atoms with Gasteiger partial charge in [0.2, 0.25) is 17.8 Å². The molecule has 2 rings (SSSR count). The van der Waals surface area contributed by atoms with E-state index in [0.717, 1.165) is 0 Å². The van der Waals surface area contributed by atoms with Crippen LogP contribution in [0.5, 0.6) is 0 Å². The molecule has 1 aromatic heterocycles. The van der Waals surface area contributed by atoms with Crippen molar-refractivity contribution >= 4 is 23.8 Å². The van der Waals surface area contributed by atoms with Crippen molar-refractivity contribution in [2.45, 2.75) is 0 Å². The van der Waals surface area contributed by atoms with Gasteiger partial charge in [-0.15, -0.1) is 0 Å². The van der Waals surface area contributed by atoms with E-state index in [9.17, 15) is 4.79 Å². The van der Waals surface area contributed by atoms with Crippen LogP contribution in [-0.4, -0.2) is 26.0 Å². The Labute approximate surface area is 102 Å². The standard InChI is InChI=1S/C7H6O2.C3H6N6/c8-7(9)6-4-2-1-3-5-6;4-1-7-2(5)9-3(6)8-1/h1-5H,(H,8,9);(H6,4,5,6,7,8,9). The molecule has 8 heteroatoms. The summed E-state index contributed by atoms with van der Waals surface area (Å²) in [6.45, 7) is 0. The van der Waals surface area contributed by atoms with Crippen LogP contribution in [-0.2, 0) is 0 Å². The number of carbonyl (C=O) groups is 1. The van der Waals surface area contributed by atoms with Gasteiger partial charge in [0.05, 0.1) is 5.56 Å². The SMILES string of the molecule is Nc1nc(N)nc(N)n1.O=C(O)c1ccccc1. The van der Waals surface area contributed by atoms with Crippen LogP contribution < -0.4 is 17.2 Å². The van der Waals surface area contributed by atoms with Crippen LogP contribution in [0.15, 0.2) is 30.3 Å². The van der Waals surface area contributed by atoms with E-state index < -0.39 is 5.97 Å². The average Bonchev–Trinajstić information content (AvgIpc) is 2.29. The molecule has 0 saturated carbocycles. The van der Waals surface area contributed by atoms with E-state index in [1.54, 1.807) is 30.3 Å². The minimum atomic E-state index is -0.879. The van der Waals surface area contributed by atoms with E-state index in [-0.39, 0.29) is 17.8 Å². The lowest BCUT2D eigenvalue weighted by atomic mass is 10.2. The lowest BCUT2D eigenvalue weighted by Gasteiger charge is -1.93. The third kappa shape index (κ3) is 4.31. The van der Waals surface area contributed by atoms with Gasteiger partial charge in [-0.3, -0.25) is 0 Å². The summed E-state index contributed by atoms with van der Waals surface area (Å²) in [6.07, 6.45) is 0. The Bertz CT molecular complexity index is 481. The molecule has 2 aromatic rings. The number of aromatic carboxylic acids is 1. The molecule has 94 valence electrons. The van der Waals surface area contributed by atoms with Crippen molar-refractivity contribution in [3.8, 4) is 0 Å². The molecule has 7 N–H and O–H groups in total. The summed E-state index contributed by atoms with van der Waals surface area (Å²) in [5, 5.41) is 8.38. The summed E-state index contributed by atoms with van der Waals surface area (Å²) >= 11 is 0. The molecule has 8 nitrogen and oxygen atoms in total. The Morgan fingerprint density at radius 1 is 0.889 bits per heavy atom. The molecule has 18 heavy (non-hydrogen) atoms. The largest absolute Gasteiger partial charge is 0.478 e. The summed E-state index contributed by atoms with van der Waals surface area (Å²) in [7, 11) is 0. The number of benzene rings is 1. The molecule has 0 atom stereocenters. The highest BCUT2D eigenvalue weighted by atomic mass is 16.4. The number of hydrogen-bond acceptors (Lipinski definition) is 7. The van der Waals surface area contributed by atoms with Crippen molar-refractivity contribution in [1.29, 1.82) is 0 Å². The molecule has 0 unspecified atom stereocenters. The second-order valence-corrected chi connectivity index (χ2v) is 3.08. The highest BCUT2D eigenvalue weighted by Gasteiger charge is 1.96. The lowest BCUT2D eigenvalue weighted by Crippen LogP contribution is -2.05. The van der Waals surface area contributed by atoms with Crippen molar-refractivity contribution < 1.29 is 9.90 Å². The van der Waals surface area contributed by atoms with E-state index >= 15 is 0 Å². The molecule has 0 bridgehead atoms. The van der Waals surface area contributed by atoms with Crippen molar-refractivity contribution in [2.24, 2.45) is 0 Å². The first kappa shape index (κ1) is 13.2. The van der Waals surface area contributed by atoms with Gasteiger partial charge in [0, 0.05) is 0 Å². The van der Waals surface area contributed by atoms with E-state index in [2.05, 4.69) is 15.0 Å². The summed E-state index contributed by atoms with van der Waals surface area (Å²) in [5.41, 5.74) is 15.7. The highest BCUT2D eigenvalue weighted by molar-refractivity contribution is 5.87. The van der Waals surface area contributed by atoms with E-state index in [4.69, 9.17) is 22.3 Å². The lowest BCUT2D eigenvalue weighted by molar-refractivity contribution is 0.0697. The third-order valence-corrected chi connectivity index (χ3v) is 1.71. The molecule has 0 fully saturated rings. The number of carboxylic acid groups (broad SMARTS) is 1. The van der Waals surface area contributed by atoms with Gasteiger partial charge in [0.25, 0.3) is 0 Å². The molecule has 0 saturated heterocycles. The number of carboxylic acids is 1. The van der Waals surface area contributed by atoms with Crippen LogP contribution in [0.3, 0.4) is 0 Å². The van der Waals surface area contributed by atoms with E-state index in [1.807, 2.05) is 0 Å². The first-order valence-electron chi connectivity index (χ1n) is 4.80. The van der Waals surface area contributed by atoms with Crippen LogP contribution in [0.1, 0.15) is 10.4 Å². The number of nitrogens with two attached hydrogens (primary N) is 3. The molecule has 0 aliphatic heterocycles. The average molecular weight is 248 g/mol. The van der Waals surface area contributed by atoms with Gasteiger partial charge in [-0.1, -0.05) is 18.2 Å². The number of nitrogens with zero attached hydrogens (tertiary/aromatic N) is 3. The van der Waals surface area contributed by atoms with Crippen molar-refractivity contribution in [1.82, 2.24) is 15.0 Å². The van der Waals surface area contributed by atoms with Crippen molar-refractivity contribution in [3.05, 3.63) is 35.9 Å². The first-order chi connectivity index (χ1) is 8.49. The summed E-state index contributed by atoms with van der Waals surface area (Å²) in [5.74, 6) is -0.754. The number of rotatable bonds is 1. The minimum Gasteiger partial charge on any atom is -0.478 e. The molecule has 0 radical (unpaired) electrons. The highest BCUT2D eigenvalue weighted by Crippen LogP contribution is 1.97. The predicted molar refractivity (Wildman–Crippen MR) is 66.5 cm³/mol. The predicted octanol–water partition coefficient (Wildman–Crippen LogP) is 0.00300. The molecule has 1 aromatic carbocycles. The zero-order valence-corrected chi connectivity index (χ0v) is 9.32. The number of nitrogen functional groups attached to an aromatic ring is 3. The van der Waals surface area contributed by atoms with E-state index in [1.165, 1.54) is 0 Å². The van der Waals surface area contributed by atoms with Gasteiger partial charge in [-0.05, 0) is 12.1 Å². The van der Waals surface area contributed by atoms with Gasteiger partial charge in [0.1, 0.15) is 0 Å². The van der Waals surface area contributed by atoms with Gasteiger partial charge in [-0.25, -0.2) is 4.79 Å². The molecule has 0 aliphatic rings. The monoisotopic (exact) mass is 248 g/mol. The summed E-state index contributed by atoms with van der Waals surface area (Å²) in [4.78, 5) is 20.7. The fraction of sp³-hybridized carbons (Fsp3) is 0. The Morgan fingerprint density at radius 3 is 1.56 bits per heavy atom. The molecule has 1 heterocycles. The van der Waals surface area contributed by atoms with Gasteiger partial charge >= 0.3 is 5.97 Å². The molecular formula is C10H12N6O2. The maximum Gasteiger partial charge on any atom is 0.335 e. The molecule has 0 aliphatic carbocycles. The van der Waals surface area contributed by atoms with Crippen LogP contribution >= 0.6 is 0 Å². The molecule has 0 amide bonds. The van der Waals surface area contributed by atoms with Crippen LogP contribution in [0.4, 0.5) is 17.8 Å². The quantitative estimate of drug-likeness (QED) is 0.549. The van der Waals surface area contributed by atoms with Gasteiger partial charge in [0.15, 0.2) is 0 Å². The maximum atomic E-state index is 10.2. The normalized spacial score (nSPS) is 9.11. The van der Waals surface area contributed by atoms with Gasteiger partial charge in [-0.2, -0.15) is 15.0 Å².